The molecule has 10 heteroatoms. The molecule has 0 aliphatic carbocycles. The third-order valence-electron chi connectivity index (χ3n) is 6.02. The molecule has 0 unspecified atom stereocenters. The molecule has 174 valence electrons. The van der Waals surface area contributed by atoms with Crippen LogP contribution in [0.25, 0.3) is 0 Å². The Labute approximate surface area is 193 Å². The maximum Gasteiger partial charge on any atom is 0.251 e. The summed E-state index contributed by atoms with van der Waals surface area (Å²) < 4.78 is 38.5. The molecule has 0 spiro atoms. The van der Waals surface area contributed by atoms with Crippen LogP contribution in [0.2, 0.25) is 0 Å². The van der Waals surface area contributed by atoms with E-state index in [4.69, 9.17) is 9.47 Å². The molecule has 2 saturated heterocycles. The van der Waals surface area contributed by atoms with Crippen LogP contribution >= 0.6 is 11.3 Å². The van der Waals surface area contributed by atoms with Crippen molar-refractivity contribution < 1.29 is 27.6 Å². The molecule has 3 heterocycles. The van der Waals surface area contributed by atoms with E-state index in [1.165, 1.54) is 20.1 Å². The van der Waals surface area contributed by atoms with E-state index in [1.807, 2.05) is 11.4 Å². The monoisotopic (exact) mass is 480 g/mol. The van der Waals surface area contributed by atoms with Gasteiger partial charge in [0.1, 0.15) is 19.1 Å². The third kappa shape index (κ3) is 5.22. The maximum atomic E-state index is 13.1. The van der Waals surface area contributed by atoms with Gasteiger partial charge in [0.25, 0.3) is 5.91 Å². The number of nitrogens with one attached hydrogen (secondary N) is 2. The van der Waals surface area contributed by atoms with Crippen molar-refractivity contribution in [2.75, 3.05) is 59.2 Å². The van der Waals surface area contributed by atoms with Gasteiger partial charge in [0.15, 0.2) is 0 Å². The molecular formula is C22H30N3O5S2+. The van der Waals surface area contributed by atoms with Gasteiger partial charge in [-0.1, -0.05) is 12.1 Å². The summed E-state index contributed by atoms with van der Waals surface area (Å²) in [5.74, 6) is -0.266. The smallest absolute Gasteiger partial charge is 0.251 e. The molecule has 2 fully saturated rings. The van der Waals surface area contributed by atoms with Crippen molar-refractivity contribution in [2.45, 2.75) is 17.9 Å². The van der Waals surface area contributed by atoms with E-state index in [9.17, 15) is 13.2 Å². The second kappa shape index (κ2) is 10.4. The van der Waals surface area contributed by atoms with Crippen LogP contribution < -0.4 is 10.2 Å². The summed E-state index contributed by atoms with van der Waals surface area (Å²) in [5.41, 5.74) is 0.978. The number of morpholine rings is 2. The highest BCUT2D eigenvalue weighted by molar-refractivity contribution is 7.89. The molecule has 2 aromatic rings. The Kier molecular flexibility index (Phi) is 7.59. The van der Waals surface area contributed by atoms with Crippen LogP contribution in [0.15, 0.2) is 40.6 Å². The molecule has 2 aliphatic rings. The lowest BCUT2D eigenvalue weighted by atomic mass is 10.1. The largest absolute Gasteiger partial charge is 0.379 e. The van der Waals surface area contributed by atoms with Gasteiger partial charge >= 0.3 is 0 Å². The fraction of sp³-hybridized carbons (Fsp3) is 0.500. The van der Waals surface area contributed by atoms with Gasteiger partial charge in [-0.05, 0) is 36.1 Å². The molecule has 1 aromatic carbocycles. The van der Waals surface area contributed by atoms with Gasteiger partial charge in [-0.3, -0.25) is 4.79 Å². The van der Waals surface area contributed by atoms with Crippen LogP contribution in [0.3, 0.4) is 0 Å². The summed E-state index contributed by atoms with van der Waals surface area (Å²) in [6, 6.07) is 9.15. The van der Waals surface area contributed by atoms with E-state index in [0.717, 1.165) is 13.1 Å². The zero-order chi connectivity index (χ0) is 22.6. The number of carbonyl (C=O) groups is 1. The molecule has 0 bridgehead atoms. The number of ether oxygens (including phenoxy) is 2. The number of benzene rings is 1. The number of aryl methyl sites for hydroxylation is 1. The van der Waals surface area contributed by atoms with E-state index in [0.29, 0.717) is 57.2 Å². The van der Waals surface area contributed by atoms with Crippen molar-refractivity contribution in [1.82, 2.24) is 9.62 Å². The molecule has 1 atom stereocenters. The number of hydrogen-bond donors (Lipinski definition) is 2. The van der Waals surface area contributed by atoms with Crippen LogP contribution in [-0.2, 0) is 19.5 Å². The van der Waals surface area contributed by atoms with Gasteiger partial charge < -0.3 is 19.7 Å². The summed E-state index contributed by atoms with van der Waals surface area (Å²) in [4.78, 5) is 15.8. The summed E-state index contributed by atoms with van der Waals surface area (Å²) in [5, 5.41) is 5.09. The Balaban J connectivity index is 1.50. The van der Waals surface area contributed by atoms with Crippen molar-refractivity contribution in [1.29, 1.82) is 0 Å². The van der Waals surface area contributed by atoms with E-state index >= 15 is 0 Å². The Hall–Kier alpha value is -1.82. The Morgan fingerprint density at radius 3 is 2.56 bits per heavy atom. The van der Waals surface area contributed by atoms with Crippen molar-refractivity contribution in [3.8, 4) is 0 Å². The highest BCUT2D eigenvalue weighted by atomic mass is 32.2. The standard InChI is InChI=1S/C22H29N3O5S2/c1-17-4-5-18(15-21(17)32(27,28)25-8-12-30-13-9-25)22(26)23-16-19(20-3-2-14-31-20)24-6-10-29-11-7-24/h2-5,14-15,19H,6-13,16H2,1H3,(H,23,26)/p+1/t19-/m0/s1. The number of sulfonamides is 1. The van der Waals surface area contributed by atoms with Crippen LogP contribution in [-0.4, -0.2) is 77.8 Å². The predicted octanol–water partition coefficient (Wildman–Crippen LogP) is 0.464. The highest BCUT2D eigenvalue weighted by Crippen LogP contribution is 2.23. The lowest BCUT2D eigenvalue weighted by molar-refractivity contribution is -0.937. The van der Waals surface area contributed by atoms with Gasteiger partial charge in [0, 0.05) is 18.7 Å². The van der Waals surface area contributed by atoms with E-state index in [1.54, 1.807) is 30.4 Å². The zero-order valence-corrected chi connectivity index (χ0v) is 19.8. The summed E-state index contributed by atoms with van der Waals surface area (Å²) >= 11 is 1.69. The first kappa shape index (κ1) is 23.3. The quantitative estimate of drug-likeness (QED) is 0.601. The number of thiophene rings is 1. The molecule has 8 nitrogen and oxygen atoms in total. The number of carbonyl (C=O) groups excluding carboxylic acids is 1. The van der Waals surface area contributed by atoms with Crippen molar-refractivity contribution >= 4 is 27.3 Å². The molecule has 2 N–H and O–H groups in total. The van der Waals surface area contributed by atoms with Crippen LogP contribution in [0.5, 0.6) is 0 Å². The number of rotatable bonds is 7. The second-order valence-electron chi connectivity index (χ2n) is 8.05. The van der Waals surface area contributed by atoms with Gasteiger partial charge in [-0.2, -0.15) is 4.31 Å². The third-order valence-corrected chi connectivity index (χ3v) is 9.05. The average molecular weight is 481 g/mol. The minimum atomic E-state index is -3.68. The molecule has 1 amide bonds. The minimum Gasteiger partial charge on any atom is -0.379 e. The predicted molar refractivity (Wildman–Crippen MR) is 122 cm³/mol. The first-order valence-electron chi connectivity index (χ1n) is 10.9. The first-order chi connectivity index (χ1) is 15.5. The van der Waals surface area contributed by atoms with Crippen molar-refractivity contribution in [3.63, 3.8) is 0 Å². The van der Waals surface area contributed by atoms with E-state index in [-0.39, 0.29) is 16.8 Å². The molecule has 2 aliphatic heterocycles. The number of quaternary nitrogens is 1. The van der Waals surface area contributed by atoms with Gasteiger partial charge in [0.2, 0.25) is 10.0 Å². The zero-order valence-electron chi connectivity index (χ0n) is 18.2. The number of nitrogens with zero attached hydrogens (tertiary/aromatic N) is 1. The summed E-state index contributed by atoms with van der Waals surface area (Å²) in [6.07, 6.45) is 0. The lowest BCUT2D eigenvalue weighted by Crippen LogP contribution is -3.15. The molecule has 1 aromatic heterocycles. The SMILES string of the molecule is Cc1ccc(C(=O)NC[C@@H](c2cccs2)[NH+]2CCOCC2)cc1S(=O)(=O)N1CCOCC1. The highest BCUT2D eigenvalue weighted by Gasteiger charge is 2.30. The summed E-state index contributed by atoms with van der Waals surface area (Å²) in [6.45, 7) is 6.86. The van der Waals surface area contributed by atoms with Crippen LogP contribution in [0, 0.1) is 6.92 Å². The lowest BCUT2D eigenvalue weighted by Gasteiger charge is -2.31. The van der Waals surface area contributed by atoms with Crippen molar-refractivity contribution in [3.05, 3.63) is 51.7 Å². The number of amides is 1. The average Bonchev–Trinajstić information content (AvgIpc) is 3.35. The second-order valence-corrected chi connectivity index (χ2v) is 10.9. The Bertz CT molecular complexity index is 1010. The first-order valence-corrected chi connectivity index (χ1v) is 13.2. The Morgan fingerprint density at radius 1 is 1.16 bits per heavy atom. The maximum absolute atomic E-state index is 13.1. The minimum absolute atomic E-state index is 0.143. The van der Waals surface area contributed by atoms with Gasteiger partial charge in [-0.15, -0.1) is 11.3 Å². The topological polar surface area (TPSA) is 89.4 Å². The van der Waals surface area contributed by atoms with Crippen LogP contribution in [0.4, 0.5) is 0 Å². The van der Waals surface area contributed by atoms with Crippen LogP contribution in [0.1, 0.15) is 26.8 Å². The fourth-order valence-electron chi connectivity index (χ4n) is 4.16. The van der Waals surface area contributed by atoms with Gasteiger partial charge in [0.05, 0.1) is 42.7 Å². The van der Waals surface area contributed by atoms with Gasteiger partial charge in [-0.25, -0.2) is 8.42 Å². The fourth-order valence-corrected chi connectivity index (χ4v) is 6.70. The number of hydrogen-bond acceptors (Lipinski definition) is 6. The van der Waals surface area contributed by atoms with Crippen molar-refractivity contribution in [2.24, 2.45) is 0 Å². The molecule has 32 heavy (non-hydrogen) atoms. The molecule has 4 rings (SSSR count). The molecule has 0 radical (unpaired) electrons. The Morgan fingerprint density at radius 2 is 1.88 bits per heavy atom. The van der Waals surface area contributed by atoms with E-state index < -0.39 is 10.0 Å². The molecular weight excluding hydrogens is 450 g/mol. The van der Waals surface area contributed by atoms with E-state index in [2.05, 4.69) is 11.4 Å². The normalized spacial score (nSPS) is 19.5. The molecule has 0 saturated carbocycles. The summed E-state index contributed by atoms with van der Waals surface area (Å²) in [7, 11) is -3.68.